The number of piperazine rings is 1. The molecule has 8 heteroatoms. The first-order valence-corrected chi connectivity index (χ1v) is 8.24. The van der Waals surface area contributed by atoms with Gasteiger partial charge in [-0.3, -0.25) is 19.7 Å². The maximum Gasteiger partial charge on any atom is 0.307 e. The lowest BCUT2D eigenvalue weighted by Gasteiger charge is -2.36. The van der Waals surface area contributed by atoms with Gasteiger partial charge in [0.05, 0.1) is 16.8 Å². The van der Waals surface area contributed by atoms with Crippen molar-refractivity contribution >= 4 is 23.3 Å². The van der Waals surface area contributed by atoms with Gasteiger partial charge in [-0.2, -0.15) is 0 Å². The minimum Gasteiger partial charge on any atom is -0.481 e. The van der Waals surface area contributed by atoms with E-state index in [1.54, 1.807) is 17.0 Å². The summed E-state index contributed by atoms with van der Waals surface area (Å²) in [5.74, 6) is -2.04. The molecule has 1 saturated carbocycles. The van der Waals surface area contributed by atoms with E-state index in [0.29, 0.717) is 26.2 Å². The fourth-order valence-electron chi connectivity index (χ4n) is 3.73. The van der Waals surface area contributed by atoms with Gasteiger partial charge < -0.3 is 14.9 Å². The molecule has 1 aromatic carbocycles. The molecule has 0 aromatic heterocycles. The van der Waals surface area contributed by atoms with E-state index in [1.165, 1.54) is 12.1 Å². The van der Waals surface area contributed by atoms with Gasteiger partial charge in [-0.05, 0) is 17.5 Å². The number of carbonyl (C=O) groups excluding carboxylic acids is 1. The predicted molar refractivity (Wildman–Crippen MR) is 90.3 cm³/mol. The van der Waals surface area contributed by atoms with E-state index in [9.17, 15) is 24.8 Å². The molecule has 1 aliphatic heterocycles. The van der Waals surface area contributed by atoms with Crippen molar-refractivity contribution < 1.29 is 19.6 Å². The van der Waals surface area contributed by atoms with Crippen LogP contribution in [-0.2, 0) is 9.59 Å². The summed E-state index contributed by atoms with van der Waals surface area (Å²) in [5, 5.41) is 19.9. The second-order valence-electron chi connectivity index (χ2n) is 7.20. The third-order valence-corrected chi connectivity index (χ3v) is 5.38. The molecule has 2 atom stereocenters. The molecule has 0 unspecified atom stereocenters. The second kappa shape index (κ2) is 6.02. The molecule has 1 saturated heterocycles. The molecule has 2 fully saturated rings. The molecule has 1 amide bonds. The number of anilines is 1. The van der Waals surface area contributed by atoms with Crippen LogP contribution in [-0.4, -0.2) is 53.0 Å². The first-order chi connectivity index (χ1) is 11.7. The zero-order valence-corrected chi connectivity index (χ0v) is 14.2. The largest absolute Gasteiger partial charge is 0.481 e. The van der Waals surface area contributed by atoms with E-state index in [2.05, 4.69) is 4.90 Å². The van der Waals surface area contributed by atoms with Gasteiger partial charge in [0.15, 0.2) is 0 Å². The number of benzene rings is 1. The van der Waals surface area contributed by atoms with Gasteiger partial charge in [0, 0.05) is 44.0 Å². The Kier molecular flexibility index (Phi) is 4.14. The third-order valence-electron chi connectivity index (χ3n) is 5.38. The van der Waals surface area contributed by atoms with Gasteiger partial charge in [-0.15, -0.1) is 0 Å². The van der Waals surface area contributed by atoms with E-state index < -0.39 is 28.1 Å². The minimum absolute atomic E-state index is 0.0493. The summed E-state index contributed by atoms with van der Waals surface area (Å²) in [4.78, 5) is 38.0. The summed E-state index contributed by atoms with van der Waals surface area (Å²) in [6.45, 7) is 5.93. The molecular weight excluding hydrogens is 326 g/mol. The van der Waals surface area contributed by atoms with Crippen molar-refractivity contribution in [1.29, 1.82) is 0 Å². The molecular formula is C17H21N3O5. The van der Waals surface area contributed by atoms with Crippen molar-refractivity contribution in [1.82, 2.24) is 4.90 Å². The number of rotatable bonds is 4. The molecule has 2 aliphatic rings. The predicted octanol–water partition coefficient (Wildman–Crippen LogP) is 1.60. The van der Waals surface area contributed by atoms with Crippen LogP contribution in [0.4, 0.5) is 11.4 Å². The van der Waals surface area contributed by atoms with Crippen LogP contribution in [0.2, 0.25) is 0 Å². The van der Waals surface area contributed by atoms with E-state index in [4.69, 9.17) is 0 Å². The number of carboxylic acid groups (broad SMARTS) is 1. The maximum atomic E-state index is 12.6. The van der Waals surface area contributed by atoms with Gasteiger partial charge in [0.1, 0.15) is 0 Å². The van der Waals surface area contributed by atoms with Crippen LogP contribution >= 0.6 is 0 Å². The van der Waals surface area contributed by atoms with E-state index in [1.807, 2.05) is 13.8 Å². The van der Waals surface area contributed by atoms with Crippen molar-refractivity contribution in [3.63, 3.8) is 0 Å². The van der Waals surface area contributed by atoms with Crippen LogP contribution < -0.4 is 4.90 Å². The van der Waals surface area contributed by atoms with E-state index >= 15 is 0 Å². The molecule has 25 heavy (non-hydrogen) atoms. The van der Waals surface area contributed by atoms with Gasteiger partial charge in [-0.1, -0.05) is 13.8 Å². The zero-order chi connectivity index (χ0) is 18.4. The van der Waals surface area contributed by atoms with Crippen LogP contribution in [0.1, 0.15) is 13.8 Å². The normalized spacial score (nSPS) is 24.7. The molecule has 8 nitrogen and oxygen atoms in total. The SMILES string of the molecule is CC1(C)[C@H](C(=O)O)[C@@H]1C(=O)N1CCN(c2ccc([N+](=O)[O-])cc2)CC1. The van der Waals surface area contributed by atoms with Gasteiger partial charge in [0.25, 0.3) is 5.69 Å². The highest BCUT2D eigenvalue weighted by atomic mass is 16.6. The lowest BCUT2D eigenvalue weighted by Crippen LogP contribution is -2.49. The molecule has 0 radical (unpaired) electrons. The van der Waals surface area contributed by atoms with Crippen molar-refractivity contribution in [2.45, 2.75) is 13.8 Å². The third kappa shape index (κ3) is 3.04. The van der Waals surface area contributed by atoms with Crippen molar-refractivity contribution in [3.8, 4) is 0 Å². The van der Waals surface area contributed by atoms with Crippen molar-refractivity contribution in [2.75, 3.05) is 31.1 Å². The van der Waals surface area contributed by atoms with Crippen LogP contribution in [0.3, 0.4) is 0 Å². The smallest absolute Gasteiger partial charge is 0.307 e. The number of aliphatic carboxylic acids is 1. The number of carbonyl (C=O) groups is 2. The number of hydrogen-bond acceptors (Lipinski definition) is 5. The lowest BCUT2D eigenvalue weighted by atomic mass is 10.1. The van der Waals surface area contributed by atoms with Crippen LogP contribution in [0.5, 0.6) is 0 Å². The first-order valence-electron chi connectivity index (χ1n) is 8.24. The van der Waals surface area contributed by atoms with Gasteiger partial charge in [0.2, 0.25) is 5.91 Å². The Labute approximate surface area is 145 Å². The number of nitro benzene ring substituents is 1. The minimum atomic E-state index is -0.909. The summed E-state index contributed by atoms with van der Waals surface area (Å²) in [5.41, 5.74) is 0.444. The number of nitrogens with zero attached hydrogens (tertiary/aromatic N) is 3. The second-order valence-corrected chi connectivity index (χ2v) is 7.20. The fraction of sp³-hybridized carbons (Fsp3) is 0.529. The first kappa shape index (κ1) is 17.2. The quantitative estimate of drug-likeness (QED) is 0.655. The van der Waals surface area contributed by atoms with Crippen molar-refractivity contribution in [2.24, 2.45) is 17.3 Å². The van der Waals surface area contributed by atoms with E-state index in [0.717, 1.165) is 5.69 Å². The van der Waals surface area contributed by atoms with Crippen LogP contribution in [0.15, 0.2) is 24.3 Å². The number of nitro groups is 1. The lowest BCUT2D eigenvalue weighted by molar-refractivity contribution is -0.384. The van der Waals surface area contributed by atoms with Gasteiger partial charge >= 0.3 is 5.97 Å². The summed E-state index contributed by atoms with van der Waals surface area (Å²) in [7, 11) is 0. The number of carboxylic acids is 1. The Bertz CT molecular complexity index is 707. The number of amides is 1. The molecule has 1 heterocycles. The molecule has 0 spiro atoms. The number of non-ortho nitro benzene ring substituents is 1. The fourth-order valence-corrected chi connectivity index (χ4v) is 3.73. The molecule has 1 N–H and O–H groups in total. The van der Waals surface area contributed by atoms with E-state index in [-0.39, 0.29) is 11.6 Å². The Morgan fingerprint density at radius 2 is 1.68 bits per heavy atom. The summed E-state index contributed by atoms with van der Waals surface area (Å²) < 4.78 is 0. The topological polar surface area (TPSA) is 104 Å². The average Bonchev–Trinajstić information content (AvgIpc) is 3.17. The Balaban J connectivity index is 1.60. The molecule has 0 bridgehead atoms. The molecule has 3 rings (SSSR count). The highest BCUT2D eigenvalue weighted by molar-refractivity contribution is 5.91. The van der Waals surface area contributed by atoms with Crippen molar-refractivity contribution in [3.05, 3.63) is 34.4 Å². The maximum absolute atomic E-state index is 12.6. The molecule has 134 valence electrons. The Morgan fingerprint density at radius 1 is 1.12 bits per heavy atom. The van der Waals surface area contributed by atoms with Crippen LogP contribution in [0.25, 0.3) is 0 Å². The highest BCUT2D eigenvalue weighted by Gasteiger charge is 2.66. The van der Waals surface area contributed by atoms with Gasteiger partial charge in [-0.25, -0.2) is 0 Å². The number of hydrogen-bond donors (Lipinski definition) is 1. The monoisotopic (exact) mass is 347 g/mol. The standard InChI is InChI=1S/C17H21N3O5/c1-17(2)13(14(17)16(22)23)15(21)19-9-7-18(8-10-19)11-3-5-12(6-4-11)20(24)25/h3-6,13-14H,7-10H2,1-2H3,(H,22,23)/t13-,14+/m1/s1. The Morgan fingerprint density at radius 3 is 2.12 bits per heavy atom. The summed E-state index contributed by atoms with van der Waals surface area (Å²) in [6, 6.07) is 6.36. The molecule has 1 aromatic rings. The summed E-state index contributed by atoms with van der Waals surface area (Å²) >= 11 is 0. The van der Waals surface area contributed by atoms with Crippen LogP contribution in [0, 0.1) is 27.4 Å². The average molecular weight is 347 g/mol. The Hall–Kier alpha value is -2.64. The zero-order valence-electron chi connectivity index (χ0n) is 14.2. The highest BCUT2D eigenvalue weighted by Crippen LogP contribution is 2.59. The molecule has 1 aliphatic carbocycles. The summed E-state index contributed by atoms with van der Waals surface area (Å²) in [6.07, 6.45) is 0.